The van der Waals surface area contributed by atoms with Crippen LogP contribution in [-0.4, -0.2) is 4.98 Å². The lowest BCUT2D eigenvalue weighted by atomic mass is 10.2. The second kappa shape index (κ2) is 2.84. The summed E-state index contributed by atoms with van der Waals surface area (Å²) in [6.45, 7) is 0. The molecule has 12 heavy (non-hydrogen) atoms. The molecule has 0 fully saturated rings. The van der Waals surface area contributed by atoms with E-state index in [9.17, 15) is 0 Å². The predicted molar refractivity (Wildman–Crippen MR) is 53.3 cm³/mol. The molecule has 0 unspecified atom stereocenters. The molecule has 0 atom stereocenters. The van der Waals surface area contributed by atoms with Crippen molar-refractivity contribution in [3.8, 4) is 0 Å². The molecular formula is C8H4Cl3N. The molecule has 4 heteroatoms. The summed E-state index contributed by atoms with van der Waals surface area (Å²) in [5, 5.41) is 2.40. The normalized spacial score (nSPS) is 10.9. The minimum Gasteiger partial charge on any atom is -0.360 e. The van der Waals surface area contributed by atoms with Crippen LogP contribution >= 0.6 is 34.8 Å². The average molecular weight is 220 g/mol. The first-order valence-corrected chi connectivity index (χ1v) is 4.44. The number of nitrogens with one attached hydrogen (secondary N) is 1. The fourth-order valence-electron chi connectivity index (χ4n) is 1.12. The van der Waals surface area contributed by atoms with E-state index >= 15 is 0 Å². The van der Waals surface area contributed by atoms with Gasteiger partial charge in [-0.2, -0.15) is 0 Å². The van der Waals surface area contributed by atoms with Gasteiger partial charge < -0.3 is 4.98 Å². The highest BCUT2D eigenvalue weighted by molar-refractivity contribution is 6.48. The van der Waals surface area contributed by atoms with Crippen LogP contribution in [-0.2, 0) is 0 Å². The van der Waals surface area contributed by atoms with Gasteiger partial charge >= 0.3 is 0 Å². The van der Waals surface area contributed by atoms with Gasteiger partial charge in [-0.15, -0.1) is 0 Å². The fourth-order valence-corrected chi connectivity index (χ4v) is 1.84. The fraction of sp³-hybridized carbons (Fsp3) is 0. The number of aromatic nitrogens is 1. The van der Waals surface area contributed by atoms with E-state index in [0.717, 1.165) is 10.9 Å². The van der Waals surface area contributed by atoms with Gasteiger partial charge in [-0.3, -0.25) is 0 Å². The molecule has 0 saturated carbocycles. The van der Waals surface area contributed by atoms with Crippen LogP contribution in [0.3, 0.4) is 0 Å². The van der Waals surface area contributed by atoms with Crippen molar-refractivity contribution in [2.24, 2.45) is 0 Å². The molecule has 1 heterocycles. The Bertz CT molecular complexity index is 433. The number of hydrogen-bond acceptors (Lipinski definition) is 0. The van der Waals surface area contributed by atoms with E-state index in [-0.39, 0.29) is 0 Å². The molecule has 0 saturated heterocycles. The smallest absolute Gasteiger partial charge is 0.0701 e. The summed E-state index contributed by atoms with van der Waals surface area (Å²) in [6, 6.07) is 3.58. The first kappa shape index (κ1) is 8.24. The summed E-state index contributed by atoms with van der Waals surface area (Å²) < 4.78 is 0. The summed E-state index contributed by atoms with van der Waals surface area (Å²) in [5.74, 6) is 0. The maximum absolute atomic E-state index is 5.94. The van der Waals surface area contributed by atoms with Crippen LogP contribution in [0.2, 0.25) is 15.1 Å². The maximum Gasteiger partial charge on any atom is 0.0701 e. The molecule has 0 aliphatic rings. The first-order chi connectivity index (χ1) is 5.70. The van der Waals surface area contributed by atoms with E-state index in [2.05, 4.69) is 4.98 Å². The molecule has 0 radical (unpaired) electrons. The number of benzene rings is 1. The highest BCUT2D eigenvalue weighted by atomic mass is 35.5. The summed E-state index contributed by atoms with van der Waals surface area (Å²) in [4.78, 5) is 2.98. The Morgan fingerprint density at radius 3 is 2.50 bits per heavy atom. The monoisotopic (exact) mass is 219 g/mol. The quantitative estimate of drug-likeness (QED) is 0.687. The third kappa shape index (κ3) is 1.09. The van der Waals surface area contributed by atoms with Crippen molar-refractivity contribution in [1.82, 2.24) is 4.98 Å². The zero-order chi connectivity index (χ0) is 8.72. The van der Waals surface area contributed by atoms with Crippen LogP contribution < -0.4 is 0 Å². The number of H-pyrrole nitrogens is 1. The van der Waals surface area contributed by atoms with Crippen molar-refractivity contribution in [2.45, 2.75) is 0 Å². The summed E-state index contributed by atoms with van der Waals surface area (Å²) in [6.07, 6.45) is 1.69. The Balaban J connectivity index is 2.96. The Morgan fingerprint density at radius 2 is 1.75 bits per heavy atom. The third-order valence-electron chi connectivity index (χ3n) is 1.69. The minimum atomic E-state index is 0.500. The number of rotatable bonds is 0. The molecule has 1 N–H and O–H groups in total. The Labute approximate surface area is 84.2 Å². The van der Waals surface area contributed by atoms with E-state index < -0.39 is 0 Å². The van der Waals surface area contributed by atoms with Gasteiger partial charge in [-0.1, -0.05) is 34.8 Å². The summed E-state index contributed by atoms with van der Waals surface area (Å²) >= 11 is 17.6. The van der Waals surface area contributed by atoms with Crippen molar-refractivity contribution < 1.29 is 0 Å². The number of aromatic amines is 1. The SMILES string of the molecule is Clc1ccc2[nH]cc(Cl)c2c1Cl. The van der Waals surface area contributed by atoms with Gasteiger partial charge in [0.25, 0.3) is 0 Å². The van der Waals surface area contributed by atoms with E-state index in [1.165, 1.54) is 0 Å². The Morgan fingerprint density at radius 1 is 1.00 bits per heavy atom. The van der Waals surface area contributed by atoms with Crippen molar-refractivity contribution >= 4 is 45.7 Å². The van der Waals surface area contributed by atoms with E-state index in [1.54, 1.807) is 12.3 Å². The van der Waals surface area contributed by atoms with Gasteiger partial charge in [-0.25, -0.2) is 0 Å². The van der Waals surface area contributed by atoms with Crippen LogP contribution in [0.5, 0.6) is 0 Å². The molecule has 0 bridgehead atoms. The number of halogens is 3. The molecular weight excluding hydrogens is 216 g/mol. The minimum absolute atomic E-state index is 0.500. The zero-order valence-corrected chi connectivity index (χ0v) is 8.13. The molecule has 1 aromatic heterocycles. The molecule has 1 aromatic carbocycles. The highest BCUT2D eigenvalue weighted by Gasteiger charge is 2.08. The van der Waals surface area contributed by atoms with Gasteiger partial charge in [0.2, 0.25) is 0 Å². The van der Waals surface area contributed by atoms with Crippen LogP contribution in [0.4, 0.5) is 0 Å². The molecule has 2 rings (SSSR count). The van der Waals surface area contributed by atoms with E-state index in [4.69, 9.17) is 34.8 Å². The van der Waals surface area contributed by atoms with Crippen LogP contribution in [0.15, 0.2) is 18.3 Å². The average Bonchev–Trinajstić information content (AvgIpc) is 2.41. The second-order valence-corrected chi connectivity index (χ2v) is 3.61. The zero-order valence-electron chi connectivity index (χ0n) is 5.87. The lowest BCUT2D eigenvalue weighted by Gasteiger charge is -1.96. The Kier molecular flexibility index (Phi) is 1.95. The van der Waals surface area contributed by atoms with Crippen molar-refractivity contribution in [3.05, 3.63) is 33.4 Å². The van der Waals surface area contributed by atoms with Gasteiger partial charge in [-0.05, 0) is 12.1 Å². The molecule has 2 aromatic rings. The largest absolute Gasteiger partial charge is 0.360 e. The van der Waals surface area contributed by atoms with E-state index in [1.807, 2.05) is 6.07 Å². The van der Waals surface area contributed by atoms with Gasteiger partial charge in [0.15, 0.2) is 0 Å². The van der Waals surface area contributed by atoms with Crippen LogP contribution in [0.25, 0.3) is 10.9 Å². The van der Waals surface area contributed by atoms with Gasteiger partial charge in [0.05, 0.1) is 15.1 Å². The number of hydrogen-bond donors (Lipinski definition) is 1. The third-order valence-corrected chi connectivity index (χ3v) is 2.79. The second-order valence-electron chi connectivity index (χ2n) is 2.42. The summed E-state index contributed by atoms with van der Waals surface area (Å²) in [7, 11) is 0. The van der Waals surface area contributed by atoms with Crippen molar-refractivity contribution in [1.29, 1.82) is 0 Å². The maximum atomic E-state index is 5.94. The predicted octanol–water partition coefficient (Wildman–Crippen LogP) is 4.13. The molecule has 0 amide bonds. The molecule has 62 valence electrons. The van der Waals surface area contributed by atoms with Crippen LogP contribution in [0.1, 0.15) is 0 Å². The lowest BCUT2D eigenvalue weighted by molar-refractivity contribution is 1.48. The van der Waals surface area contributed by atoms with Crippen molar-refractivity contribution in [2.75, 3.05) is 0 Å². The summed E-state index contributed by atoms with van der Waals surface area (Å²) in [5.41, 5.74) is 0.898. The van der Waals surface area contributed by atoms with E-state index in [0.29, 0.717) is 15.1 Å². The molecule has 0 aliphatic heterocycles. The number of fused-ring (bicyclic) bond motifs is 1. The lowest BCUT2D eigenvalue weighted by Crippen LogP contribution is -1.71. The molecule has 1 nitrogen and oxygen atoms in total. The standard InChI is InChI=1S/C8H4Cl3N/c9-4-1-2-6-7(8(4)11)5(10)3-12-6/h1-3,12H. The van der Waals surface area contributed by atoms with Crippen molar-refractivity contribution in [3.63, 3.8) is 0 Å². The highest BCUT2D eigenvalue weighted by Crippen LogP contribution is 2.34. The molecule has 0 aliphatic carbocycles. The van der Waals surface area contributed by atoms with Gasteiger partial charge in [0.1, 0.15) is 0 Å². The first-order valence-electron chi connectivity index (χ1n) is 3.30. The van der Waals surface area contributed by atoms with Gasteiger partial charge in [0, 0.05) is 17.1 Å². The Hall–Kier alpha value is -0.370. The van der Waals surface area contributed by atoms with Crippen LogP contribution in [0, 0.1) is 0 Å². The topological polar surface area (TPSA) is 15.8 Å². The molecule has 0 spiro atoms.